The maximum Gasteiger partial charge on any atom is 0.257 e. The van der Waals surface area contributed by atoms with Crippen LogP contribution in [0.1, 0.15) is 21.5 Å². The second kappa shape index (κ2) is 8.00. The maximum atomic E-state index is 12.8. The number of aliphatic hydroxyl groups is 1. The first-order valence-corrected chi connectivity index (χ1v) is 10.1. The molecule has 2 heterocycles. The summed E-state index contributed by atoms with van der Waals surface area (Å²) in [6, 6.07) is 13.9. The molecule has 4 rings (SSSR count). The van der Waals surface area contributed by atoms with Crippen molar-refractivity contribution in [1.82, 2.24) is 9.80 Å². The highest BCUT2D eigenvalue weighted by molar-refractivity contribution is 9.10. The predicted molar refractivity (Wildman–Crippen MR) is 107 cm³/mol. The number of fused-ring (bicyclic) bond motifs is 2. The average molecular weight is 431 g/mol. The number of carbonyl (C=O) groups is 1. The molecule has 0 aliphatic carbocycles. The number of hydrogen-bond acceptors (Lipinski definition) is 4. The molecule has 1 N–H and O–H groups in total. The Morgan fingerprint density at radius 2 is 1.93 bits per heavy atom. The van der Waals surface area contributed by atoms with E-state index < -0.39 is 6.10 Å². The van der Waals surface area contributed by atoms with Gasteiger partial charge < -0.3 is 14.7 Å². The van der Waals surface area contributed by atoms with E-state index in [2.05, 4.69) is 45.1 Å². The summed E-state index contributed by atoms with van der Waals surface area (Å²) in [6.07, 6.45) is 0.415. The molecule has 0 aromatic heterocycles. The Labute approximate surface area is 167 Å². The minimum absolute atomic E-state index is 0.0851. The summed E-state index contributed by atoms with van der Waals surface area (Å²) in [4.78, 5) is 16.8. The fraction of sp³-hybridized carbons (Fsp3) is 0.381. The minimum Gasteiger partial charge on any atom is -0.491 e. The monoisotopic (exact) mass is 430 g/mol. The van der Waals surface area contributed by atoms with E-state index in [0.717, 1.165) is 24.0 Å². The zero-order valence-corrected chi connectivity index (χ0v) is 16.7. The second-order valence-electron chi connectivity index (χ2n) is 7.15. The maximum absolute atomic E-state index is 12.8. The van der Waals surface area contributed by atoms with Gasteiger partial charge in [0.15, 0.2) is 0 Å². The zero-order chi connectivity index (χ0) is 18.8. The van der Waals surface area contributed by atoms with E-state index in [4.69, 9.17) is 4.74 Å². The SMILES string of the molecule is O=C1c2ccc(Br)cc2OCCN1C[C@H](O)CN1CCc2ccccc2C1. The summed E-state index contributed by atoms with van der Waals surface area (Å²) in [7, 11) is 0. The normalized spacial score (nSPS) is 18.3. The molecule has 5 nitrogen and oxygen atoms in total. The Morgan fingerprint density at radius 3 is 2.78 bits per heavy atom. The molecular formula is C21H23BrN2O3. The van der Waals surface area contributed by atoms with E-state index in [-0.39, 0.29) is 5.91 Å². The van der Waals surface area contributed by atoms with Gasteiger partial charge in [-0.15, -0.1) is 0 Å². The van der Waals surface area contributed by atoms with Crippen LogP contribution in [-0.4, -0.2) is 59.7 Å². The number of halogens is 1. The fourth-order valence-electron chi connectivity index (χ4n) is 3.82. The molecule has 6 heteroatoms. The molecule has 2 aromatic rings. The largest absolute Gasteiger partial charge is 0.491 e. The first kappa shape index (κ1) is 18.5. The average Bonchev–Trinajstić information content (AvgIpc) is 2.80. The molecule has 1 amide bonds. The third-order valence-corrected chi connectivity index (χ3v) is 5.68. The number of rotatable bonds is 4. The zero-order valence-electron chi connectivity index (χ0n) is 15.1. The summed E-state index contributed by atoms with van der Waals surface area (Å²) >= 11 is 3.41. The molecule has 0 bridgehead atoms. The number of carbonyl (C=O) groups excluding carboxylic acids is 1. The highest BCUT2D eigenvalue weighted by Crippen LogP contribution is 2.27. The number of nitrogens with zero attached hydrogens (tertiary/aromatic N) is 2. The van der Waals surface area contributed by atoms with Gasteiger partial charge in [0.2, 0.25) is 0 Å². The Hall–Kier alpha value is -1.89. The van der Waals surface area contributed by atoms with E-state index >= 15 is 0 Å². The van der Waals surface area contributed by atoms with Crippen LogP contribution in [0.2, 0.25) is 0 Å². The molecule has 2 aromatic carbocycles. The van der Waals surface area contributed by atoms with Crippen molar-refractivity contribution >= 4 is 21.8 Å². The van der Waals surface area contributed by atoms with Gasteiger partial charge in [0.1, 0.15) is 12.4 Å². The van der Waals surface area contributed by atoms with Crippen LogP contribution in [0.3, 0.4) is 0 Å². The third kappa shape index (κ3) is 4.18. The van der Waals surface area contributed by atoms with Gasteiger partial charge in [-0.05, 0) is 35.7 Å². The number of ether oxygens (including phenoxy) is 1. The van der Waals surface area contributed by atoms with Crippen LogP contribution >= 0.6 is 15.9 Å². The van der Waals surface area contributed by atoms with Crippen LogP contribution in [0.15, 0.2) is 46.9 Å². The summed E-state index contributed by atoms with van der Waals surface area (Å²) in [5.41, 5.74) is 3.27. The first-order valence-electron chi connectivity index (χ1n) is 9.29. The first-order chi connectivity index (χ1) is 13.1. The van der Waals surface area contributed by atoms with Gasteiger partial charge in [0, 0.05) is 30.7 Å². The molecule has 0 saturated heterocycles. The number of aliphatic hydroxyl groups excluding tert-OH is 1. The van der Waals surface area contributed by atoms with Crippen LogP contribution in [0.4, 0.5) is 0 Å². The minimum atomic E-state index is -0.587. The van der Waals surface area contributed by atoms with E-state index in [1.807, 2.05) is 12.1 Å². The van der Waals surface area contributed by atoms with Crippen molar-refractivity contribution < 1.29 is 14.6 Å². The molecule has 142 valence electrons. The van der Waals surface area contributed by atoms with Gasteiger partial charge in [-0.2, -0.15) is 0 Å². The molecule has 0 unspecified atom stereocenters. The van der Waals surface area contributed by atoms with Crippen molar-refractivity contribution in [2.45, 2.75) is 19.1 Å². The quantitative estimate of drug-likeness (QED) is 0.809. The highest BCUT2D eigenvalue weighted by Gasteiger charge is 2.26. The third-order valence-electron chi connectivity index (χ3n) is 5.19. The number of benzene rings is 2. The summed E-state index contributed by atoms with van der Waals surface area (Å²) < 4.78 is 6.60. The van der Waals surface area contributed by atoms with E-state index in [1.165, 1.54) is 11.1 Å². The number of hydrogen-bond donors (Lipinski definition) is 1. The molecule has 2 aliphatic heterocycles. The van der Waals surface area contributed by atoms with E-state index in [0.29, 0.717) is 37.6 Å². The van der Waals surface area contributed by atoms with Gasteiger partial charge in [-0.1, -0.05) is 40.2 Å². The second-order valence-corrected chi connectivity index (χ2v) is 8.06. The van der Waals surface area contributed by atoms with Crippen LogP contribution in [0, 0.1) is 0 Å². The fourth-order valence-corrected chi connectivity index (χ4v) is 4.16. The van der Waals surface area contributed by atoms with Crippen molar-refractivity contribution in [3.8, 4) is 5.75 Å². The standard InChI is InChI=1S/C21H23BrN2O3/c22-17-5-6-19-20(11-17)27-10-9-24(21(19)26)14-18(25)13-23-8-7-15-3-1-2-4-16(15)12-23/h1-6,11,18,25H,7-10,12-14H2/t18-/m1/s1. The number of amides is 1. The predicted octanol–water partition coefficient (Wildman–Crippen LogP) is 2.70. The van der Waals surface area contributed by atoms with Crippen molar-refractivity contribution in [1.29, 1.82) is 0 Å². The van der Waals surface area contributed by atoms with Crippen LogP contribution in [0.5, 0.6) is 5.75 Å². The van der Waals surface area contributed by atoms with Crippen LogP contribution in [-0.2, 0) is 13.0 Å². The van der Waals surface area contributed by atoms with Gasteiger partial charge in [0.05, 0.1) is 18.2 Å². The lowest BCUT2D eigenvalue weighted by Crippen LogP contribution is -2.44. The summed E-state index contributed by atoms with van der Waals surface area (Å²) in [5, 5.41) is 10.6. The topological polar surface area (TPSA) is 53.0 Å². The lowest BCUT2D eigenvalue weighted by atomic mass is 10.00. The smallest absolute Gasteiger partial charge is 0.257 e. The summed E-state index contributed by atoms with van der Waals surface area (Å²) in [6.45, 7) is 3.56. The lowest BCUT2D eigenvalue weighted by molar-refractivity contribution is 0.0501. The molecule has 0 radical (unpaired) electrons. The van der Waals surface area contributed by atoms with Crippen molar-refractivity contribution in [2.75, 3.05) is 32.8 Å². The van der Waals surface area contributed by atoms with Gasteiger partial charge in [-0.25, -0.2) is 0 Å². The molecule has 0 fully saturated rings. The van der Waals surface area contributed by atoms with Crippen molar-refractivity contribution in [3.05, 3.63) is 63.6 Å². The lowest BCUT2D eigenvalue weighted by Gasteiger charge is -2.32. The van der Waals surface area contributed by atoms with Crippen molar-refractivity contribution in [2.24, 2.45) is 0 Å². The summed E-state index contributed by atoms with van der Waals surface area (Å²) in [5.74, 6) is 0.511. The van der Waals surface area contributed by atoms with E-state index in [9.17, 15) is 9.90 Å². The Morgan fingerprint density at radius 1 is 1.11 bits per heavy atom. The molecule has 2 aliphatic rings. The molecule has 1 atom stereocenters. The van der Waals surface area contributed by atoms with Gasteiger partial charge in [-0.3, -0.25) is 9.69 Å². The number of β-amino-alcohol motifs (C(OH)–C–C–N with tert-alkyl or cyclic N) is 1. The molecule has 27 heavy (non-hydrogen) atoms. The Kier molecular flexibility index (Phi) is 5.48. The van der Waals surface area contributed by atoms with Gasteiger partial charge >= 0.3 is 0 Å². The van der Waals surface area contributed by atoms with Crippen LogP contribution < -0.4 is 4.74 Å². The molecule has 0 spiro atoms. The van der Waals surface area contributed by atoms with E-state index in [1.54, 1.807) is 11.0 Å². The van der Waals surface area contributed by atoms with Crippen LogP contribution in [0.25, 0.3) is 0 Å². The Balaban J connectivity index is 1.39. The molecule has 0 saturated carbocycles. The highest BCUT2D eigenvalue weighted by atomic mass is 79.9. The van der Waals surface area contributed by atoms with Gasteiger partial charge in [0.25, 0.3) is 5.91 Å². The Bertz CT molecular complexity index is 842. The van der Waals surface area contributed by atoms with Crippen molar-refractivity contribution in [3.63, 3.8) is 0 Å². The molecular weight excluding hydrogens is 408 g/mol.